The number of aryl methyl sites for hydroxylation is 3. The van der Waals surface area contributed by atoms with Crippen molar-refractivity contribution in [1.29, 1.82) is 0 Å². The van der Waals surface area contributed by atoms with Gasteiger partial charge in [-0.05, 0) is 58.1 Å². The first-order chi connectivity index (χ1) is 18.9. The van der Waals surface area contributed by atoms with Gasteiger partial charge in [0.2, 0.25) is 5.91 Å². The minimum atomic E-state index is -0.226. The van der Waals surface area contributed by atoms with Crippen LogP contribution in [0.25, 0.3) is 11.0 Å². The molecular formula is C29H38N8O2. The van der Waals surface area contributed by atoms with Crippen LogP contribution in [-0.2, 0) is 35.6 Å². The Bertz CT molecular complexity index is 1470. The van der Waals surface area contributed by atoms with Crippen molar-refractivity contribution in [2.45, 2.75) is 84.1 Å². The Hall–Kier alpha value is -3.24. The first kappa shape index (κ1) is 24.8. The lowest BCUT2D eigenvalue weighted by Crippen LogP contribution is -2.62. The number of rotatable bonds is 6. The van der Waals surface area contributed by atoms with Crippen molar-refractivity contribution in [3.63, 3.8) is 0 Å². The van der Waals surface area contributed by atoms with Gasteiger partial charge in [0.25, 0.3) is 0 Å². The van der Waals surface area contributed by atoms with E-state index in [4.69, 9.17) is 14.8 Å². The van der Waals surface area contributed by atoms with Gasteiger partial charge in [0.1, 0.15) is 6.04 Å². The molecular weight excluding hydrogens is 492 g/mol. The van der Waals surface area contributed by atoms with Gasteiger partial charge in [0.15, 0.2) is 5.65 Å². The number of allylic oxidation sites excluding steroid dienone is 1. The number of fused-ring (bicyclic) bond motifs is 4. The van der Waals surface area contributed by atoms with Crippen LogP contribution in [0.4, 0.5) is 5.69 Å². The van der Waals surface area contributed by atoms with Gasteiger partial charge in [-0.25, -0.2) is 9.67 Å². The van der Waals surface area contributed by atoms with Crippen LogP contribution in [0.5, 0.6) is 0 Å². The number of hydrogen-bond acceptors (Lipinski definition) is 7. The van der Waals surface area contributed by atoms with E-state index in [9.17, 15) is 4.79 Å². The maximum atomic E-state index is 12.8. The summed E-state index contributed by atoms with van der Waals surface area (Å²) in [6.07, 6.45) is 6.91. The van der Waals surface area contributed by atoms with Crippen LogP contribution < -0.4 is 15.5 Å². The van der Waals surface area contributed by atoms with E-state index in [-0.39, 0.29) is 17.5 Å². The van der Waals surface area contributed by atoms with Crippen LogP contribution in [-0.4, -0.2) is 68.3 Å². The molecule has 1 saturated carbocycles. The van der Waals surface area contributed by atoms with Crippen LogP contribution in [0.1, 0.15) is 55.3 Å². The molecule has 1 amide bonds. The lowest BCUT2D eigenvalue weighted by atomic mass is 9.62. The molecule has 0 radical (unpaired) electrons. The van der Waals surface area contributed by atoms with Gasteiger partial charge in [-0.1, -0.05) is 5.57 Å². The van der Waals surface area contributed by atoms with E-state index in [0.717, 1.165) is 87.2 Å². The third kappa shape index (κ3) is 4.24. The number of anilines is 1. The lowest BCUT2D eigenvalue weighted by molar-refractivity contribution is -0.128. The molecule has 10 nitrogen and oxygen atoms in total. The molecule has 206 valence electrons. The number of aromatic nitrogens is 5. The minimum Gasteiger partial charge on any atom is -0.378 e. The molecule has 0 aromatic carbocycles. The number of carbonyl (C=O) groups is 1. The first-order valence-corrected chi connectivity index (χ1v) is 14.4. The van der Waals surface area contributed by atoms with E-state index in [1.807, 2.05) is 10.9 Å². The third-order valence-corrected chi connectivity index (χ3v) is 9.17. The zero-order valence-corrected chi connectivity index (χ0v) is 23.2. The van der Waals surface area contributed by atoms with Crippen molar-refractivity contribution in [3.05, 3.63) is 46.1 Å². The number of ether oxygens (including phenoxy) is 1. The Morgan fingerprint density at radius 3 is 2.87 bits per heavy atom. The summed E-state index contributed by atoms with van der Waals surface area (Å²) >= 11 is 0. The van der Waals surface area contributed by atoms with Crippen molar-refractivity contribution < 1.29 is 9.53 Å². The second-order valence-electron chi connectivity index (χ2n) is 11.7. The van der Waals surface area contributed by atoms with Crippen LogP contribution in [0, 0.1) is 13.8 Å². The Morgan fingerprint density at radius 1 is 1.26 bits per heavy atom. The van der Waals surface area contributed by atoms with Crippen LogP contribution in [0.15, 0.2) is 23.4 Å². The van der Waals surface area contributed by atoms with Crippen molar-refractivity contribution in [2.24, 2.45) is 0 Å². The average Bonchev–Trinajstić information content (AvgIpc) is 3.48. The molecule has 2 fully saturated rings. The van der Waals surface area contributed by atoms with Gasteiger partial charge in [-0.2, -0.15) is 10.2 Å². The fourth-order valence-electron chi connectivity index (χ4n) is 7.01. The quantitative estimate of drug-likeness (QED) is 0.472. The highest BCUT2D eigenvalue weighted by molar-refractivity contribution is 5.90. The number of pyridine rings is 1. The molecule has 3 aromatic heterocycles. The molecule has 3 aliphatic carbocycles. The number of amides is 1. The predicted octanol–water partition coefficient (Wildman–Crippen LogP) is 2.55. The Morgan fingerprint density at radius 2 is 2.13 bits per heavy atom. The highest BCUT2D eigenvalue weighted by Gasteiger charge is 2.47. The number of nitrogens with zero attached hydrogens (tertiary/aromatic N) is 6. The molecule has 1 atom stereocenters. The molecule has 8 rings (SSSR count). The van der Waals surface area contributed by atoms with E-state index in [2.05, 4.69) is 52.2 Å². The molecule has 5 heterocycles. The monoisotopic (exact) mass is 530 g/mol. The summed E-state index contributed by atoms with van der Waals surface area (Å²) in [6, 6.07) is 1.97. The smallest absolute Gasteiger partial charge is 0.239 e. The minimum absolute atomic E-state index is 0.0609. The van der Waals surface area contributed by atoms with E-state index in [0.29, 0.717) is 13.2 Å². The van der Waals surface area contributed by atoms with Crippen molar-refractivity contribution in [1.82, 2.24) is 35.2 Å². The summed E-state index contributed by atoms with van der Waals surface area (Å²) in [5.74, 6) is 0.0854. The van der Waals surface area contributed by atoms with Crippen molar-refractivity contribution >= 4 is 22.6 Å². The topological polar surface area (TPSA) is 102 Å². The van der Waals surface area contributed by atoms with Gasteiger partial charge in [0.05, 0.1) is 42.7 Å². The summed E-state index contributed by atoms with van der Waals surface area (Å²) < 4.78 is 9.72. The largest absolute Gasteiger partial charge is 0.378 e. The maximum Gasteiger partial charge on any atom is 0.239 e. The zero-order chi connectivity index (χ0) is 26.7. The fraction of sp³-hybridized carbons (Fsp3) is 0.586. The molecule has 5 aliphatic rings. The number of nitrogens with one attached hydrogen (secondary N) is 2. The number of morpholine rings is 1. The molecule has 2 aliphatic heterocycles. The Kier molecular flexibility index (Phi) is 6.00. The summed E-state index contributed by atoms with van der Waals surface area (Å²) in [5.41, 5.74) is 10.0. The van der Waals surface area contributed by atoms with Crippen molar-refractivity contribution in [3.8, 4) is 0 Å². The Labute approximate surface area is 228 Å². The van der Waals surface area contributed by atoms with Gasteiger partial charge in [-0.15, -0.1) is 0 Å². The first-order valence-electron chi connectivity index (χ1n) is 14.4. The second-order valence-corrected chi connectivity index (χ2v) is 11.7. The van der Waals surface area contributed by atoms with Gasteiger partial charge in [-0.3, -0.25) is 9.48 Å². The summed E-state index contributed by atoms with van der Waals surface area (Å²) in [7, 11) is 0. The standard InChI is InChI=1S/C29H38N8O2/c1-4-36-27-22(14-31-36)26(11-18(2)32-27)35-9-6-25-23(16-35)19(3)34-37(25)15-20-5-7-29(12-21(20)13-29)33-28(38)24-17-39-10-8-30-24/h11,14,24,30H,4-10,12-13,15-17H2,1-3H3,(H,33,38)/t24-/m0/s1. The number of hydrogen-bond donors (Lipinski definition) is 2. The van der Waals surface area contributed by atoms with Gasteiger partial charge < -0.3 is 20.3 Å². The third-order valence-electron chi connectivity index (χ3n) is 9.17. The number of carbonyl (C=O) groups excluding carboxylic acids is 1. The molecule has 10 heteroatoms. The molecule has 2 N–H and O–H groups in total. The Balaban J connectivity index is 1.06. The molecule has 2 bridgehead atoms. The second kappa shape index (κ2) is 9.45. The SMILES string of the molecule is CCn1ncc2c(N3CCc4c(c(C)nn4CC4=C5CC(NC(=O)[C@@H]6COCCN6)(CC4)C5)C3)cc(C)nc21. The molecule has 3 aromatic rings. The van der Waals surface area contributed by atoms with E-state index in [1.165, 1.54) is 28.1 Å². The van der Waals surface area contributed by atoms with Crippen molar-refractivity contribution in [2.75, 3.05) is 31.2 Å². The average molecular weight is 531 g/mol. The zero-order valence-electron chi connectivity index (χ0n) is 23.2. The van der Waals surface area contributed by atoms with E-state index < -0.39 is 0 Å². The highest BCUT2D eigenvalue weighted by Crippen LogP contribution is 2.49. The normalized spacial score (nSPS) is 22.1. The fourth-order valence-corrected chi connectivity index (χ4v) is 7.01. The van der Waals surface area contributed by atoms with Gasteiger partial charge in [0, 0.05) is 55.1 Å². The maximum absolute atomic E-state index is 12.8. The van der Waals surface area contributed by atoms with Crippen LogP contribution >= 0.6 is 0 Å². The molecule has 39 heavy (non-hydrogen) atoms. The van der Waals surface area contributed by atoms with E-state index in [1.54, 1.807) is 0 Å². The predicted molar refractivity (Wildman–Crippen MR) is 149 cm³/mol. The highest BCUT2D eigenvalue weighted by atomic mass is 16.5. The molecule has 0 spiro atoms. The lowest BCUT2D eigenvalue weighted by Gasteiger charge is -2.50. The summed E-state index contributed by atoms with van der Waals surface area (Å²) in [4.78, 5) is 20.0. The molecule has 1 saturated heterocycles. The molecule has 0 unspecified atom stereocenters. The van der Waals surface area contributed by atoms with Gasteiger partial charge >= 0.3 is 0 Å². The summed E-state index contributed by atoms with van der Waals surface area (Å²) in [5, 5.41) is 17.3. The van der Waals surface area contributed by atoms with Crippen LogP contribution in [0.2, 0.25) is 0 Å². The van der Waals surface area contributed by atoms with E-state index >= 15 is 0 Å². The summed E-state index contributed by atoms with van der Waals surface area (Å²) in [6.45, 7) is 11.7. The van der Waals surface area contributed by atoms with Crippen LogP contribution in [0.3, 0.4) is 0 Å².